The van der Waals surface area contributed by atoms with Gasteiger partial charge in [-0.15, -0.1) is 12.4 Å². The van der Waals surface area contributed by atoms with Crippen molar-refractivity contribution < 1.29 is 4.79 Å². The number of carbonyl (C=O) groups excluding carboxylic acids is 1. The van der Waals surface area contributed by atoms with Crippen LogP contribution in [0.25, 0.3) is 10.2 Å². The fourth-order valence-corrected chi connectivity index (χ4v) is 4.24. The molecule has 0 saturated carbocycles. The number of hydrogen-bond acceptors (Lipinski definition) is 5. The number of fused-ring (bicyclic) bond motifs is 1. The van der Waals surface area contributed by atoms with E-state index in [2.05, 4.69) is 28.8 Å². The molecular formula is C19H25Cl2N5OS. The van der Waals surface area contributed by atoms with Gasteiger partial charge in [0.15, 0.2) is 5.13 Å². The van der Waals surface area contributed by atoms with Crippen LogP contribution >= 0.6 is 35.3 Å². The second-order valence-corrected chi connectivity index (χ2v) is 7.57. The third-order valence-corrected chi connectivity index (χ3v) is 5.86. The van der Waals surface area contributed by atoms with E-state index >= 15 is 0 Å². The Morgan fingerprint density at radius 1 is 1.18 bits per heavy atom. The highest BCUT2D eigenvalue weighted by atomic mass is 35.5. The van der Waals surface area contributed by atoms with Gasteiger partial charge in [-0.3, -0.25) is 14.4 Å². The van der Waals surface area contributed by atoms with Crippen LogP contribution in [0.3, 0.4) is 0 Å². The molecule has 0 saturated heterocycles. The number of benzene rings is 1. The molecule has 0 bridgehead atoms. The minimum Gasteiger partial charge on any atom is -0.302 e. The highest BCUT2D eigenvalue weighted by Crippen LogP contribution is 2.31. The second kappa shape index (κ2) is 10.2. The van der Waals surface area contributed by atoms with Gasteiger partial charge in [-0.2, -0.15) is 5.10 Å². The summed E-state index contributed by atoms with van der Waals surface area (Å²) >= 11 is 7.60. The van der Waals surface area contributed by atoms with E-state index in [9.17, 15) is 4.79 Å². The molecule has 0 atom stereocenters. The summed E-state index contributed by atoms with van der Waals surface area (Å²) in [5.41, 5.74) is 1.43. The first kappa shape index (κ1) is 22.6. The molecule has 6 nitrogen and oxygen atoms in total. The molecule has 0 radical (unpaired) electrons. The summed E-state index contributed by atoms with van der Waals surface area (Å²) in [6.45, 7) is 10.1. The number of carbonyl (C=O) groups is 1. The van der Waals surface area contributed by atoms with Gasteiger partial charge in [-0.1, -0.05) is 36.8 Å². The number of hydrogen-bond donors (Lipinski definition) is 0. The van der Waals surface area contributed by atoms with E-state index in [1.54, 1.807) is 21.8 Å². The lowest BCUT2D eigenvalue weighted by Crippen LogP contribution is -2.39. The van der Waals surface area contributed by atoms with Crippen LogP contribution in [0.4, 0.5) is 5.13 Å². The SMILES string of the molecule is CCN(CC)CCN(C(=O)c1ccnn1CC)c1nc2ccc(Cl)cc2s1.Cl. The van der Waals surface area contributed by atoms with Gasteiger partial charge in [0.05, 0.1) is 10.2 Å². The number of rotatable bonds is 8. The van der Waals surface area contributed by atoms with Gasteiger partial charge in [-0.25, -0.2) is 4.98 Å². The monoisotopic (exact) mass is 441 g/mol. The first-order valence-corrected chi connectivity index (χ1v) is 10.4. The summed E-state index contributed by atoms with van der Waals surface area (Å²) in [4.78, 5) is 22.1. The van der Waals surface area contributed by atoms with Crippen LogP contribution in [0, 0.1) is 0 Å². The van der Waals surface area contributed by atoms with Crippen molar-refractivity contribution >= 4 is 56.6 Å². The number of aryl methyl sites for hydroxylation is 1. The maximum absolute atomic E-state index is 13.3. The summed E-state index contributed by atoms with van der Waals surface area (Å²) in [6.07, 6.45) is 1.66. The Hall–Kier alpha value is -1.67. The Morgan fingerprint density at radius 3 is 2.61 bits per heavy atom. The van der Waals surface area contributed by atoms with Crippen LogP contribution in [-0.4, -0.2) is 51.8 Å². The van der Waals surface area contributed by atoms with Gasteiger partial charge in [0.2, 0.25) is 0 Å². The van der Waals surface area contributed by atoms with Crippen LogP contribution in [0.1, 0.15) is 31.3 Å². The average molecular weight is 442 g/mol. The first-order chi connectivity index (χ1) is 13.1. The second-order valence-electron chi connectivity index (χ2n) is 6.12. The third-order valence-electron chi connectivity index (χ3n) is 4.58. The fourth-order valence-electron chi connectivity index (χ4n) is 2.97. The number of amides is 1. The van der Waals surface area contributed by atoms with Crippen molar-refractivity contribution in [2.24, 2.45) is 0 Å². The molecule has 0 aliphatic carbocycles. The number of likely N-dealkylation sites (N-methyl/N-ethyl adjacent to an activating group) is 1. The van der Waals surface area contributed by atoms with Crippen molar-refractivity contribution in [1.82, 2.24) is 19.7 Å². The van der Waals surface area contributed by atoms with Crippen LogP contribution < -0.4 is 4.90 Å². The molecule has 3 aromatic rings. The van der Waals surface area contributed by atoms with Crippen LogP contribution in [0.15, 0.2) is 30.5 Å². The van der Waals surface area contributed by atoms with E-state index in [4.69, 9.17) is 11.6 Å². The standard InChI is InChI=1S/C19H24ClN5OS.ClH/c1-4-23(5-2)11-12-24(18(26)16-9-10-21-25(16)6-3)19-22-15-8-7-14(20)13-17(15)27-19;/h7-10,13H,4-6,11-12H2,1-3H3;1H. The molecule has 1 amide bonds. The van der Waals surface area contributed by atoms with Crippen LogP contribution in [-0.2, 0) is 6.54 Å². The lowest BCUT2D eigenvalue weighted by molar-refractivity contribution is 0.0973. The molecule has 3 rings (SSSR count). The zero-order valence-corrected chi connectivity index (χ0v) is 18.6. The molecule has 2 aromatic heterocycles. The van der Waals surface area contributed by atoms with Crippen LogP contribution in [0.2, 0.25) is 5.02 Å². The number of aromatic nitrogens is 3. The maximum Gasteiger partial charge on any atom is 0.278 e. The molecule has 0 aliphatic rings. The van der Waals surface area contributed by atoms with Gasteiger partial charge in [0.1, 0.15) is 5.69 Å². The molecule has 28 heavy (non-hydrogen) atoms. The zero-order valence-electron chi connectivity index (χ0n) is 16.3. The quantitative estimate of drug-likeness (QED) is 0.513. The largest absolute Gasteiger partial charge is 0.302 e. The van der Waals surface area contributed by atoms with Gasteiger partial charge in [-0.05, 0) is 44.3 Å². The summed E-state index contributed by atoms with van der Waals surface area (Å²) in [5.74, 6) is -0.0772. The van der Waals surface area contributed by atoms with Gasteiger partial charge in [0, 0.05) is 30.9 Å². The normalized spacial score (nSPS) is 11.0. The molecule has 0 N–H and O–H groups in total. The minimum atomic E-state index is -0.0772. The Balaban J connectivity index is 0.00000280. The lowest BCUT2D eigenvalue weighted by atomic mass is 10.3. The number of nitrogens with zero attached hydrogens (tertiary/aromatic N) is 5. The average Bonchev–Trinajstić information content (AvgIpc) is 3.31. The van der Waals surface area contributed by atoms with E-state index in [1.807, 2.05) is 25.1 Å². The number of thiazole rings is 1. The highest BCUT2D eigenvalue weighted by molar-refractivity contribution is 7.22. The van der Waals surface area contributed by atoms with Crippen molar-refractivity contribution in [3.8, 4) is 0 Å². The predicted octanol–water partition coefficient (Wildman–Crippen LogP) is 4.58. The smallest absolute Gasteiger partial charge is 0.278 e. The van der Waals surface area contributed by atoms with E-state index in [-0.39, 0.29) is 18.3 Å². The molecular weight excluding hydrogens is 417 g/mol. The number of halogens is 2. The summed E-state index contributed by atoms with van der Waals surface area (Å²) in [6, 6.07) is 7.37. The molecule has 152 valence electrons. The Bertz CT molecular complexity index is 922. The topological polar surface area (TPSA) is 54.3 Å². The number of anilines is 1. The summed E-state index contributed by atoms with van der Waals surface area (Å²) in [7, 11) is 0. The molecule has 9 heteroatoms. The van der Waals surface area contributed by atoms with E-state index in [0.29, 0.717) is 28.9 Å². The van der Waals surface area contributed by atoms with Crippen molar-refractivity contribution in [2.75, 3.05) is 31.1 Å². The van der Waals surface area contributed by atoms with E-state index < -0.39 is 0 Å². The molecule has 0 spiro atoms. The van der Waals surface area contributed by atoms with Gasteiger partial charge < -0.3 is 4.90 Å². The maximum atomic E-state index is 13.3. The Morgan fingerprint density at radius 2 is 1.93 bits per heavy atom. The van der Waals surface area contributed by atoms with E-state index in [1.165, 1.54) is 11.3 Å². The third kappa shape index (κ3) is 4.84. The zero-order chi connectivity index (χ0) is 19.4. The Labute approximate surface area is 180 Å². The van der Waals surface area contributed by atoms with Crippen molar-refractivity contribution in [3.05, 3.63) is 41.2 Å². The molecule has 0 aliphatic heterocycles. The van der Waals surface area contributed by atoms with Gasteiger partial charge in [0.25, 0.3) is 5.91 Å². The first-order valence-electron chi connectivity index (χ1n) is 9.19. The molecule has 2 heterocycles. The van der Waals surface area contributed by atoms with E-state index in [0.717, 1.165) is 29.9 Å². The highest BCUT2D eigenvalue weighted by Gasteiger charge is 2.24. The predicted molar refractivity (Wildman–Crippen MR) is 119 cm³/mol. The van der Waals surface area contributed by atoms with Crippen molar-refractivity contribution in [2.45, 2.75) is 27.3 Å². The lowest BCUT2D eigenvalue weighted by Gasteiger charge is -2.24. The molecule has 1 aromatic carbocycles. The van der Waals surface area contributed by atoms with Crippen LogP contribution in [0.5, 0.6) is 0 Å². The fraction of sp³-hybridized carbons (Fsp3) is 0.421. The van der Waals surface area contributed by atoms with Crippen molar-refractivity contribution in [1.29, 1.82) is 0 Å². The molecule has 0 unspecified atom stereocenters. The Kier molecular flexibility index (Phi) is 8.24. The minimum absolute atomic E-state index is 0. The molecule has 0 fully saturated rings. The summed E-state index contributed by atoms with van der Waals surface area (Å²) in [5, 5.41) is 5.60. The van der Waals surface area contributed by atoms with Crippen molar-refractivity contribution in [3.63, 3.8) is 0 Å². The van der Waals surface area contributed by atoms with Gasteiger partial charge >= 0.3 is 0 Å². The summed E-state index contributed by atoms with van der Waals surface area (Å²) < 4.78 is 2.69.